The Hall–Kier alpha value is -2.04. The quantitative estimate of drug-likeness (QED) is 0.489. The summed E-state index contributed by atoms with van der Waals surface area (Å²) >= 11 is 0. The number of rotatable bonds is 6. The number of hydrogen-bond acceptors (Lipinski definition) is 1. The van der Waals surface area contributed by atoms with Crippen LogP contribution in [0.4, 0.5) is 13.2 Å². The van der Waals surface area contributed by atoms with Crippen LogP contribution in [0.25, 0.3) is 11.0 Å². The maximum absolute atomic E-state index is 12.9. The van der Waals surface area contributed by atoms with Crippen molar-refractivity contribution in [2.24, 2.45) is 0 Å². The molecule has 1 aromatic carbocycles. The van der Waals surface area contributed by atoms with Gasteiger partial charge in [-0.1, -0.05) is 38.0 Å². The van der Waals surface area contributed by atoms with E-state index in [1.54, 1.807) is 10.9 Å². The molecule has 0 amide bonds. The van der Waals surface area contributed by atoms with Gasteiger partial charge in [-0.2, -0.15) is 13.2 Å². The Morgan fingerprint density at radius 1 is 1.30 bits per heavy atom. The van der Waals surface area contributed by atoms with Crippen molar-refractivity contribution in [3.05, 3.63) is 53.9 Å². The zero-order valence-electron chi connectivity index (χ0n) is 13.4. The Morgan fingerprint density at radius 3 is 2.74 bits per heavy atom. The molecule has 0 atom stereocenters. The van der Waals surface area contributed by atoms with E-state index in [-0.39, 0.29) is 0 Å². The maximum atomic E-state index is 12.9. The second-order valence-electron chi connectivity index (χ2n) is 5.48. The highest BCUT2D eigenvalue weighted by atomic mass is 19.4. The molecule has 0 fully saturated rings. The average Bonchev–Trinajstić information content (AvgIpc) is 2.91. The molecule has 23 heavy (non-hydrogen) atoms. The fraction of sp³-hybridized carbons (Fsp3) is 0.389. The lowest BCUT2D eigenvalue weighted by Gasteiger charge is -2.09. The molecule has 0 aliphatic carbocycles. The van der Waals surface area contributed by atoms with Gasteiger partial charge in [-0.05, 0) is 37.1 Å². The molecule has 2 nitrogen and oxygen atoms in total. The summed E-state index contributed by atoms with van der Waals surface area (Å²) in [6.45, 7) is 4.58. The number of alkyl halides is 3. The lowest BCUT2D eigenvalue weighted by Crippen LogP contribution is -2.05. The fourth-order valence-electron chi connectivity index (χ4n) is 2.35. The molecule has 5 heteroatoms. The summed E-state index contributed by atoms with van der Waals surface area (Å²) in [4.78, 5) is 4.18. The molecule has 0 spiro atoms. The van der Waals surface area contributed by atoms with Gasteiger partial charge < -0.3 is 4.57 Å². The Kier molecular flexibility index (Phi) is 5.64. The van der Waals surface area contributed by atoms with Crippen molar-refractivity contribution >= 4 is 11.0 Å². The van der Waals surface area contributed by atoms with Crippen molar-refractivity contribution in [1.29, 1.82) is 0 Å². The predicted molar refractivity (Wildman–Crippen MR) is 87.2 cm³/mol. The van der Waals surface area contributed by atoms with Gasteiger partial charge in [0.1, 0.15) is 0 Å². The standard InChI is InChI=1S/C18H21F3N2/c1-3-5-6-7-8-14(4-2)12-23-13-22-16-10-9-15(11-17(16)23)18(19,20)21/h4,7-11,13H,3,5-6,12H2,1-2H3/b8-7-,14-4+. The van der Waals surface area contributed by atoms with Gasteiger partial charge in [0.15, 0.2) is 0 Å². The van der Waals surface area contributed by atoms with E-state index >= 15 is 0 Å². The molecule has 0 unspecified atom stereocenters. The predicted octanol–water partition coefficient (Wildman–Crippen LogP) is 5.75. The molecule has 0 N–H and O–H groups in total. The zero-order chi connectivity index (χ0) is 16.9. The first-order valence-corrected chi connectivity index (χ1v) is 7.79. The number of halogens is 3. The first-order chi connectivity index (χ1) is 11.0. The van der Waals surface area contributed by atoms with Crippen LogP contribution in [0.3, 0.4) is 0 Å². The highest BCUT2D eigenvalue weighted by Crippen LogP contribution is 2.31. The summed E-state index contributed by atoms with van der Waals surface area (Å²) in [6.07, 6.45) is 6.66. The van der Waals surface area contributed by atoms with Crippen LogP contribution >= 0.6 is 0 Å². The smallest absolute Gasteiger partial charge is 0.326 e. The minimum absolute atomic E-state index is 0.501. The number of benzene rings is 1. The summed E-state index contributed by atoms with van der Waals surface area (Å²) in [5, 5.41) is 0. The number of allylic oxidation sites excluding steroid dienone is 4. The normalized spacial score (nSPS) is 13.3. The number of imidazole rings is 1. The van der Waals surface area contributed by atoms with Crippen LogP contribution in [-0.2, 0) is 12.7 Å². The SMILES string of the molecule is C/C=C(\C=C/CCCC)Cn1cnc2ccc(C(F)(F)F)cc21. The van der Waals surface area contributed by atoms with Crippen molar-refractivity contribution in [3.63, 3.8) is 0 Å². The van der Waals surface area contributed by atoms with Crippen molar-refractivity contribution in [1.82, 2.24) is 9.55 Å². The molecule has 0 aliphatic rings. The van der Waals surface area contributed by atoms with Gasteiger partial charge in [-0.3, -0.25) is 0 Å². The van der Waals surface area contributed by atoms with Crippen LogP contribution in [-0.4, -0.2) is 9.55 Å². The van der Waals surface area contributed by atoms with E-state index in [2.05, 4.69) is 18.0 Å². The summed E-state index contributed by atoms with van der Waals surface area (Å²) < 4.78 is 40.4. The molecule has 0 radical (unpaired) electrons. The van der Waals surface area contributed by atoms with Gasteiger partial charge in [-0.25, -0.2) is 4.98 Å². The molecule has 0 bridgehead atoms. The van der Waals surface area contributed by atoms with E-state index in [0.29, 0.717) is 17.6 Å². The summed E-state index contributed by atoms with van der Waals surface area (Å²) in [7, 11) is 0. The van der Waals surface area contributed by atoms with Gasteiger partial charge >= 0.3 is 6.18 Å². The molecule has 0 saturated carbocycles. The molecule has 1 heterocycles. The minimum Gasteiger partial charge on any atom is -0.326 e. The van der Waals surface area contributed by atoms with Crippen molar-refractivity contribution in [3.8, 4) is 0 Å². The first kappa shape index (κ1) is 17.3. The molecule has 1 aromatic heterocycles. The highest BCUT2D eigenvalue weighted by molar-refractivity contribution is 5.76. The lowest BCUT2D eigenvalue weighted by atomic mass is 10.1. The van der Waals surface area contributed by atoms with Crippen LogP contribution in [0.1, 0.15) is 38.7 Å². The minimum atomic E-state index is -4.34. The van der Waals surface area contributed by atoms with Crippen molar-refractivity contribution in [2.75, 3.05) is 0 Å². The van der Waals surface area contributed by atoms with E-state index in [0.717, 1.165) is 37.0 Å². The third-order valence-corrected chi connectivity index (χ3v) is 3.73. The summed E-state index contributed by atoms with van der Waals surface area (Å²) in [6, 6.07) is 3.65. The van der Waals surface area contributed by atoms with E-state index in [9.17, 15) is 13.2 Å². The molecular formula is C18H21F3N2. The van der Waals surface area contributed by atoms with Crippen LogP contribution in [0, 0.1) is 0 Å². The molecule has 2 aromatic rings. The molecule has 2 rings (SSSR count). The third-order valence-electron chi connectivity index (χ3n) is 3.73. The maximum Gasteiger partial charge on any atom is 0.416 e. The molecule has 124 valence electrons. The Morgan fingerprint density at radius 2 is 2.09 bits per heavy atom. The largest absolute Gasteiger partial charge is 0.416 e. The Balaban J connectivity index is 2.24. The highest BCUT2D eigenvalue weighted by Gasteiger charge is 2.30. The summed E-state index contributed by atoms with van der Waals surface area (Å²) in [5.74, 6) is 0. The molecule has 0 aliphatic heterocycles. The first-order valence-electron chi connectivity index (χ1n) is 7.79. The Bertz CT molecular complexity index is 709. The number of hydrogen-bond donors (Lipinski definition) is 0. The number of nitrogens with zero attached hydrogens (tertiary/aromatic N) is 2. The van der Waals surface area contributed by atoms with Crippen LogP contribution in [0.15, 0.2) is 48.3 Å². The van der Waals surface area contributed by atoms with Gasteiger partial charge in [0.2, 0.25) is 0 Å². The summed E-state index contributed by atoms with van der Waals surface area (Å²) in [5.41, 5.74) is 1.48. The average molecular weight is 322 g/mol. The van der Waals surface area contributed by atoms with Crippen molar-refractivity contribution in [2.45, 2.75) is 45.8 Å². The monoisotopic (exact) mass is 322 g/mol. The molecular weight excluding hydrogens is 301 g/mol. The second-order valence-corrected chi connectivity index (χ2v) is 5.48. The van der Waals surface area contributed by atoms with E-state index < -0.39 is 11.7 Å². The van der Waals surface area contributed by atoms with Crippen molar-refractivity contribution < 1.29 is 13.2 Å². The van der Waals surface area contributed by atoms with Gasteiger partial charge in [0, 0.05) is 6.54 Å². The number of aromatic nitrogens is 2. The van der Waals surface area contributed by atoms with E-state index in [4.69, 9.17) is 0 Å². The van der Waals surface area contributed by atoms with Crippen LogP contribution in [0.5, 0.6) is 0 Å². The van der Waals surface area contributed by atoms with E-state index in [1.807, 2.05) is 19.1 Å². The number of unbranched alkanes of at least 4 members (excludes halogenated alkanes) is 2. The van der Waals surface area contributed by atoms with Gasteiger partial charge in [-0.15, -0.1) is 0 Å². The topological polar surface area (TPSA) is 17.8 Å². The molecule has 0 saturated heterocycles. The number of fused-ring (bicyclic) bond motifs is 1. The van der Waals surface area contributed by atoms with Crippen LogP contribution in [0.2, 0.25) is 0 Å². The van der Waals surface area contributed by atoms with Crippen LogP contribution < -0.4 is 0 Å². The Labute approximate surface area is 134 Å². The zero-order valence-corrected chi connectivity index (χ0v) is 13.4. The lowest BCUT2D eigenvalue weighted by molar-refractivity contribution is -0.137. The second kappa shape index (κ2) is 7.49. The third kappa shape index (κ3) is 4.47. The van der Waals surface area contributed by atoms with Gasteiger partial charge in [0.05, 0.1) is 22.9 Å². The van der Waals surface area contributed by atoms with E-state index in [1.165, 1.54) is 6.07 Å². The fourth-order valence-corrected chi connectivity index (χ4v) is 2.35. The van der Waals surface area contributed by atoms with Gasteiger partial charge in [0.25, 0.3) is 0 Å².